The van der Waals surface area contributed by atoms with Gasteiger partial charge in [0.2, 0.25) is 5.91 Å². The van der Waals surface area contributed by atoms with Crippen LogP contribution in [0.25, 0.3) is 0 Å². The van der Waals surface area contributed by atoms with E-state index in [2.05, 4.69) is 11.4 Å². The van der Waals surface area contributed by atoms with Gasteiger partial charge in [-0.2, -0.15) is 11.8 Å². The van der Waals surface area contributed by atoms with Crippen molar-refractivity contribution in [3.63, 3.8) is 0 Å². The average molecular weight is 259 g/mol. The predicted molar refractivity (Wildman–Crippen MR) is 70.1 cm³/mol. The number of amides is 1. The molecule has 1 rings (SSSR count). The lowest BCUT2D eigenvalue weighted by atomic mass is 10.3. The predicted octanol–water partition coefficient (Wildman–Crippen LogP) is 1.52. The van der Waals surface area contributed by atoms with Gasteiger partial charge in [-0.3, -0.25) is 4.79 Å². The van der Waals surface area contributed by atoms with Crippen LogP contribution in [-0.4, -0.2) is 35.7 Å². The molecule has 90 valence electrons. The summed E-state index contributed by atoms with van der Waals surface area (Å²) in [6, 6.07) is 4.10. The zero-order valence-electron chi connectivity index (χ0n) is 9.15. The Labute approximate surface area is 104 Å². The maximum Gasteiger partial charge on any atom is 0.230 e. The molecule has 0 unspecified atom stereocenters. The van der Waals surface area contributed by atoms with Gasteiger partial charge in [-0.1, -0.05) is 6.07 Å². The van der Waals surface area contributed by atoms with E-state index in [0.29, 0.717) is 12.3 Å². The molecule has 2 N–H and O–H groups in total. The Morgan fingerprint density at radius 2 is 2.44 bits per heavy atom. The largest absolute Gasteiger partial charge is 0.396 e. The second-order valence-corrected chi connectivity index (χ2v) is 5.45. The highest BCUT2D eigenvalue weighted by Crippen LogP contribution is 2.08. The third-order valence-corrected chi connectivity index (χ3v) is 3.93. The van der Waals surface area contributed by atoms with Crippen LogP contribution in [0.1, 0.15) is 11.3 Å². The van der Waals surface area contributed by atoms with Crippen LogP contribution in [0.5, 0.6) is 0 Å². The third kappa shape index (κ3) is 6.15. The summed E-state index contributed by atoms with van der Waals surface area (Å²) >= 11 is 3.28. The third-order valence-electron chi connectivity index (χ3n) is 1.95. The monoisotopic (exact) mass is 259 g/mol. The van der Waals surface area contributed by atoms with Crippen LogP contribution < -0.4 is 5.32 Å². The van der Waals surface area contributed by atoms with Crippen LogP contribution in [0.3, 0.4) is 0 Å². The maximum absolute atomic E-state index is 11.3. The van der Waals surface area contributed by atoms with Gasteiger partial charge in [0, 0.05) is 18.0 Å². The molecular weight excluding hydrogens is 242 g/mol. The number of aliphatic hydroxyl groups is 1. The molecule has 0 atom stereocenters. The molecule has 0 saturated carbocycles. The minimum atomic E-state index is 0.0829. The number of hydrogen-bond acceptors (Lipinski definition) is 4. The van der Waals surface area contributed by atoms with E-state index in [-0.39, 0.29) is 12.5 Å². The summed E-state index contributed by atoms with van der Waals surface area (Å²) in [5.74, 6) is 1.42. The number of aliphatic hydroxyl groups excluding tert-OH is 1. The van der Waals surface area contributed by atoms with Crippen molar-refractivity contribution in [2.24, 2.45) is 0 Å². The Morgan fingerprint density at radius 3 is 3.12 bits per heavy atom. The van der Waals surface area contributed by atoms with Crippen molar-refractivity contribution in [3.05, 3.63) is 22.4 Å². The Morgan fingerprint density at radius 1 is 1.56 bits per heavy atom. The molecule has 0 bridgehead atoms. The molecule has 0 aliphatic carbocycles. The lowest BCUT2D eigenvalue weighted by Gasteiger charge is -2.03. The van der Waals surface area contributed by atoms with E-state index in [0.717, 1.165) is 18.6 Å². The van der Waals surface area contributed by atoms with Gasteiger partial charge in [0.15, 0.2) is 0 Å². The van der Waals surface area contributed by atoms with E-state index in [1.807, 2.05) is 11.4 Å². The van der Waals surface area contributed by atoms with Crippen molar-refractivity contribution in [1.82, 2.24) is 5.32 Å². The van der Waals surface area contributed by atoms with Crippen LogP contribution in [-0.2, 0) is 11.2 Å². The van der Waals surface area contributed by atoms with E-state index in [1.165, 1.54) is 4.88 Å². The highest BCUT2D eigenvalue weighted by molar-refractivity contribution is 7.99. The number of carbonyl (C=O) groups is 1. The summed E-state index contributed by atoms with van der Waals surface area (Å²) in [6.07, 6.45) is 1.66. The van der Waals surface area contributed by atoms with Crippen molar-refractivity contribution in [2.45, 2.75) is 12.8 Å². The topological polar surface area (TPSA) is 49.3 Å². The van der Waals surface area contributed by atoms with E-state index < -0.39 is 0 Å². The summed E-state index contributed by atoms with van der Waals surface area (Å²) in [6.45, 7) is 0.910. The van der Waals surface area contributed by atoms with Crippen molar-refractivity contribution in [1.29, 1.82) is 0 Å². The second kappa shape index (κ2) is 8.61. The Kier molecular flexibility index (Phi) is 7.29. The summed E-state index contributed by atoms with van der Waals surface area (Å²) in [5.41, 5.74) is 0. The van der Waals surface area contributed by atoms with Crippen molar-refractivity contribution < 1.29 is 9.90 Å². The molecule has 0 aliphatic heterocycles. The molecule has 1 aromatic heterocycles. The quantitative estimate of drug-likeness (QED) is 0.696. The minimum Gasteiger partial charge on any atom is -0.396 e. The van der Waals surface area contributed by atoms with Crippen LogP contribution in [0.15, 0.2) is 17.5 Å². The first-order valence-electron chi connectivity index (χ1n) is 5.30. The van der Waals surface area contributed by atoms with E-state index in [4.69, 9.17) is 5.11 Å². The van der Waals surface area contributed by atoms with Crippen LogP contribution >= 0.6 is 23.1 Å². The summed E-state index contributed by atoms with van der Waals surface area (Å²) < 4.78 is 0. The summed E-state index contributed by atoms with van der Waals surface area (Å²) in [7, 11) is 0. The van der Waals surface area contributed by atoms with Crippen LogP contribution in [0.4, 0.5) is 0 Å². The number of nitrogens with one attached hydrogen (secondary N) is 1. The molecule has 16 heavy (non-hydrogen) atoms. The zero-order chi connectivity index (χ0) is 11.6. The number of thioether (sulfide) groups is 1. The van der Waals surface area contributed by atoms with E-state index in [9.17, 15) is 4.79 Å². The molecular formula is C11H17NO2S2. The smallest absolute Gasteiger partial charge is 0.230 e. The molecule has 0 saturated heterocycles. The van der Waals surface area contributed by atoms with Crippen molar-refractivity contribution >= 4 is 29.0 Å². The zero-order valence-corrected chi connectivity index (χ0v) is 10.8. The Balaban J connectivity index is 1.98. The van der Waals surface area contributed by atoms with Gasteiger partial charge in [-0.25, -0.2) is 0 Å². The Hall–Kier alpha value is -0.520. The van der Waals surface area contributed by atoms with Gasteiger partial charge < -0.3 is 10.4 Å². The van der Waals surface area contributed by atoms with E-state index >= 15 is 0 Å². The van der Waals surface area contributed by atoms with Gasteiger partial charge in [-0.05, 0) is 30.0 Å². The van der Waals surface area contributed by atoms with Gasteiger partial charge in [0.05, 0.1) is 5.75 Å². The molecule has 0 fully saturated rings. The average Bonchev–Trinajstić information content (AvgIpc) is 2.77. The maximum atomic E-state index is 11.3. The van der Waals surface area contributed by atoms with Gasteiger partial charge in [-0.15, -0.1) is 11.3 Å². The number of rotatable bonds is 8. The first-order chi connectivity index (χ1) is 7.83. The fraction of sp³-hybridized carbons (Fsp3) is 0.545. The lowest BCUT2D eigenvalue weighted by molar-refractivity contribution is -0.118. The highest BCUT2D eigenvalue weighted by Gasteiger charge is 2.01. The van der Waals surface area contributed by atoms with Crippen molar-refractivity contribution in [2.75, 3.05) is 24.7 Å². The fourth-order valence-electron chi connectivity index (χ4n) is 1.16. The lowest BCUT2D eigenvalue weighted by Crippen LogP contribution is -2.27. The van der Waals surface area contributed by atoms with Gasteiger partial charge in [0.25, 0.3) is 0 Å². The number of carbonyl (C=O) groups excluding carboxylic acids is 1. The molecule has 0 aromatic carbocycles. The second-order valence-electron chi connectivity index (χ2n) is 3.31. The molecule has 1 heterocycles. The number of thiophene rings is 1. The van der Waals surface area contributed by atoms with E-state index in [1.54, 1.807) is 23.1 Å². The molecule has 0 aliphatic rings. The molecule has 5 heteroatoms. The molecule has 0 spiro atoms. The normalized spacial score (nSPS) is 10.3. The molecule has 1 aromatic rings. The SMILES string of the molecule is O=C(CSCCCO)NCCc1cccs1. The van der Waals surface area contributed by atoms with Crippen LogP contribution in [0, 0.1) is 0 Å². The standard InChI is InChI=1S/C11H17NO2S2/c13-6-2-7-15-9-11(14)12-5-4-10-3-1-8-16-10/h1,3,8,13H,2,4-7,9H2,(H,12,14). The number of hydrogen-bond donors (Lipinski definition) is 2. The van der Waals surface area contributed by atoms with Gasteiger partial charge in [0.1, 0.15) is 0 Å². The highest BCUT2D eigenvalue weighted by atomic mass is 32.2. The first-order valence-corrected chi connectivity index (χ1v) is 7.34. The van der Waals surface area contributed by atoms with Crippen LogP contribution in [0.2, 0.25) is 0 Å². The summed E-state index contributed by atoms with van der Waals surface area (Å²) in [4.78, 5) is 12.6. The Bertz CT molecular complexity index is 288. The summed E-state index contributed by atoms with van der Waals surface area (Å²) in [5, 5.41) is 13.5. The van der Waals surface area contributed by atoms with Gasteiger partial charge >= 0.3 is 0 Å². The molecule has 1 amide bonds. The van der Waals surface area contributed by atoms with Crippen molar-refractivity contribution in [3.8, 4) is 0 Å². The molecule has 0 radical (unpaired) electrons. The molecule has 3 nitrogen and oxygen atoms in total. The minimum absolute atomic E-state index is 0.0829. The fourth-order valence-corrected chi connectivity index (χ4v) is 2.64. The first kappa shape index (κ1) is 13.5.